The molecular formula is C7H5N5OS. The summed E-state index contributed by atoms with van der Waals surface area (Å²) in [6.07, 6.45) is 0.134. The number of aromatic amines is 3. The average molecular weight is 207 g/mol. The van der Waals surface area contributed by atoms with Crippen LogP contribution in [-0.2, 0) is 6.42 Å². The summed E-state index contributed by atoms with van der Waals surface area (Å²) in [5, 5.41) is 8.44. The summed E-state index contributed by atoms with van der Waals surface area (Å²) in [6, 6.07) is 1.93. The van der Waals surface area contributed by atoms with E-state index in [2.05, 4.69) is 19.9 Å². The van der Waals surface area contributed by atoms with E-state index in [9.17, 15) is 4.79 Å². The fourth-order valence-corrected chi connectivity index (χ4v) is 1.33. The summed E-state index contributed by atoms with van der Waals surface area (Å²) in [4.78, 5) is 23.2. The van der Waals surface area contributed by atoms with Crippen LogP contribution in [0.2, 0.25) is 0 Å². The van der Waals surface area contributed by atoms with E-state index in [1.54, 1.807) is 0 Å². The second kappa shape index (κ2) is 3.08. The summed E-state index contributed by atoms with van der Waals surface area (Å²) in [5.74, 6) is 0.449. The van der Waals surface area contributed by atoms with Crippen molar-refractivity contribution in [2.75, 3.05) is 0 Å². The van der Waals surface area contributed by atoms with E-state index in [1.165, 1.54) is 0 Å². The van der Waals surface area contributed by atoms with Gasteiger partial charge in [-0.2, -0.15) is 5.26 Å². The first kappa shape index (κ1) is 8.65. The van der Waals surface area contributed by atoms with Gasteiger partial charge in [0.25, 0.3) is 5.56 Å². The number of imidazole rings is 1. The Morgan fingerprint density at radius 2 is 2.21 bits per heavy atom. The molecule has 2 aromatic heterocycles. The molecule has 2 aromatic rings. The smallest absolute Gasteiger partial charge is 0.277 e. The van der Waals surface area contributed by atoms with Crippen LogP contribution in [0, 0.1) is 16.1 Å². The van der Waals surface area contributed by atoms with Gasteiger partial charge in [0.1, 0.15) is 11.3 Å². The number of nitrogens with one attached hydrogen (secondary N) is 3. The molecule has 2 rings (SSSR count). The Kier molecular flexibility index (Phi) is 1.90. The lowest BCUT2D eigenvalue weighted by Crippen LogP contribution is -2.07. The first-order valence-corrected chi connectivity index (χ1v) is 4.19. The van der Waals surface area contributed by atoms with Gasteiger partial charge in [-0.05, 0) is 12.2 Å². The molecule has 0 saturated carbocycles. The van der Waals surface area contributed by atoms with Crippen LogP contribution in [0.5, 0.6) is 0 Å². The van der Waals surface area contributed by atoms with Gasteiger partial charge in [-0.25, -0.2) is 4.98 Å². The normalized spacial score (nSPS) is 10.2. The summed E-state index contributed by atoms with van der Waals surface area (Å²) in [6.45, 7) is 0. The van der Waals surface area contributed by atoms with Crippen molar-refractivity contribution in [3.8, 4) is 6.07 Å². The van der Waals surface area contributed by atoms with Gasteiger partial charge in [0.15, 0.2) is 10.4 Å². The summed E-state index contributed by atoms with van der Waals surface area (Å²) in [5.41, 5.74) is 0.355. The van der Waals surface area contributed by atoms with Crippen molar-refractivity contribution < 1.29 is 0 Å². The summed E-state index contributed by atoms with van der Waals surface area (Å²) >= 11 is 4.77. The molecule has 3 N–H and O–H groups in total. The zero-order chi connectivity index (χ0) is 10.1. The maximum absolute atomic E-state index is 11.3. The maximum Gasteiger partial charge on any atom is 0.277 e. The van der Waals surface area contributed by atoms with Crippen LogP contribution in [0.4, 0.5) is 0 Å². The molecule has 0 amide bonds. The van der Waals surface area contributed by atoms with Crippen molar-refractivity contribution in [2.24, 2.45) is 0 Å². The van der Waals surface area contributed by atoms with Gasteiger partial charge in [0, 0.05) is 0 Å². The zero-order valence-electron chi connectivity index (χ0n) is 6.92. The molecule has 0 aliphatic carbocycles. The molecule has 2 heterocycles. The van der Waals surface area contributed by atoms with Gasteiger partial charge in [-0.15, -0.1) is 0 Å². The Balaban J connectivity index is 2.78. The SMILES string of the molecule is N#CCc1nc2[nH]c(=S)[nH]c(=O)c2[nH]1. The predicted octanol–water partition coefficient (Wildman–Crippen LogP) is 0.375. The number of fused-ring (bicyclic) bond motifs is 1. The molecule has 0 aliphatic rings. The average Bonchev–Trinajstić information content (AvgIpc) is 2.48. The highest BCUT2D eigenvalue weighted by molar-refractivity contribution is 7.71. The van der Waals surface area contributed by atoms with E-state index in [0.717, 1.165) is 0 Å². The predicted molar refractivity (Wildman–Crippen MR) is 51.2 cm³/mol. The fraction of sp³-hybridized carbons (Fsp3) is 0.143. The first-order chi connectivity index (χ1) is 6.70. The van der Waals surface area contributed by atoms with Gasteiger partial charge in [0.05, 0.1) is 12.5 Å². The monoisotopic (exact) mass is 207 g/mol. The highest BCUT2D eigenvalue weighted by Crippen LogP contribution is 2.02. The summed E-state index contributed by atoms with van der Waals surface area (Å²) < 4.78 is 0.220. The number of nitrogens with zero attached hydrogens (tertiary/aromatic N) is 2. The molecule has 7 heteroatoms. The molecule has 0 aromatic carbocycles. The molecule has 6 nitrogen and oxygen atoms in total. The minimum absolute atomic E-state index is 0.134. The van der Waals surface area contributed by atoms with Crippen molar-refractivity contribution >= 4 is 23.4 Å². The van der Waals surface area contributed by atoms with Crippen LogP contribution in [0.3, 0.4) is 0 Å². The van der Waals surface area contributed by atoms with Crippen molar-refractivity contribution in [3.63, 3.8) is 0 Å². The minimum atomic E-state index is -0.333. The van der Waals surface area contributed by atoms with Crippen molar-refractivity contribution in [2.45, 2.75) is 6.42 Å². The van der Waals surface area contributed by atoms with Crippen molar-refractivity contribution in [1.82, 2.24) is 19.9 Å². The molecule has 0 fully saturated rings. The number of aromatic nitrogens is 4. The lowest BCUT2D eigenvalue weighted by Gasteiger charge is -1.85. The molecule has 0 saturated heterocycles. The second-order valence-corrected chi connectivity index (χ2v) is 3.06. The number of hydrogen-bond acceptors (Lipinski definition) is 4. The van der Waals surface area contributed by atoms with E-state index < -0.39 is 0 Å². The van der Waals surface area contributed by atoms with E-state index in [0.29, 0.717) is 17.0 Å². The third kappa shape index (κ3) is 1.31. The third-order valence-electron chi connectivity index (χ3n) is 1.69. The van der Waals surface area contributed by atoms with Crippen molar-refractivity contribution in [1.29, 1.82) is 5.26 Å². The van der Waals surface area contributed by atoms with Crippen LogP contribution in [0.15, 0.2) is 4.79 Å². The third-order valence-corrected chi connectivity index (χ3v) is 1.89. The fourth-order valence-electron chi connectivity index (χ4n) is 1.14. The molecule has 70 valence electrons. The highest BCUT2D eigenvalue weighted by Gasteiger charge is 2.05. The molecule has 0 radical (unpaired) electrons. The van der Waals surface area contributed by atoms with Crippen LogP contribution in [-0.4, -0.2) is 19.9 Å². The number of hydrogen-bond donors (Lipinski definition) is 3. The maximum atomic E-state index is 11.3. The summed E-state index contributed by atoms with van der Waals surface area (Å²) in [7, 11) is 0. The number of rotatable bonds is 1. The standard InChI is InChI=1S/C7H5N5OS/c8-2-1-3-9-4-5(10-3)11-7(14)12-6(4)13/h1H2,(H3,9,10,11,12,13,14). The number of nitriles is 1. The van der Waals surface area contributed by atoms with Gasteiger partial charge in [-0.3, -0.25) is 9.78 Å². The van der Waals surface area contributed by atoms with Gasteiger partial charge < -0.3 is 9.97 Å². The minimum Gasteiger partial charge on any atom is -0.335 e. The molecule has 0 atom stereocenters. The van der Waals surface area contributed by atoms with Gasteiger partial charge in [-0.1, -0.05) is 0 Å². The van der Waals surface area contributed by atoms with Crippen LogP contribution in [0.25, 0.3) is 11.2 Å². The highest BCUT2D eigenvalue weighted by atomic mass is 32.1. The van der Waals surface area contributed by atoms with E-state index >= 15 is 0 Å². The molecule has 0 aliphatic heterocycles. The first-order valence-electron chi connectivity index (χ1n) is 3.79. The Morgan fingerprint density at radius 1 is 1.43 bits per heavy atom. The lowest BCUT2D eigenvalue weighted by atomic mass is 10.5. The van der Waals surface area contributed by atoms with Gasteiger partial charge in [0.2, 0.25) is 0 Å². The van der Waals surface area contributed by atoms with E-state index in [4.69, 9.17) is 17.5 Å². The molecule has 0 unspecified atom stereocenters. The quantitative estimate of drug-likeness (QED) is 0.588. The Morgan fingerprint density at radius 3 is 2.93 bits per heavy atom. The van der Waals surface area contributed by atoms with Gasteiger partial charge >= 0.3 is 0 Å². The van der Waals surface area contributed by atoms with E-state index in [-0.39, 0.29) is 16.8 Å². The Bertz CT molecular complexity index is 628. The van der Waals surface area contributed by atoms with Crippen LogP contribution < -0.4 is 5.56 Å². The van der Waals surface area contributed by atoms with Crippen LogP contribution >= 0.6 is 12.2 Å². The van der Waals surface area contributed by atoms with Crippen molar-refractivity contribution in [3.05, 3.63) is 20.9 Å². The molecule has 0 spiro atoms. The largest absolute Gasteiger partial charge is 0.335 e. The molecule has 14 heavy (non-hydrogen) atoms. The molecule has 0 bridgehead atoms. The zero-order valence-corrected chi connectivity index (χ0v) is 7.73. The molecular weight excluding hydrogens is 202 g/mol. The Labute approximate surface area is 82.6 Å². The number of H-pyrrole nitrogens is 3. The van der Waals surface area contributed by atoms with E-state index in [1.807, 2.05) is 6.07 Å². The topological polar surface area (TPSA) is 101 Å². The Hall–Kier alpha value is -1.94. The lowest BCUT2D eigenvalue weighted by molar-refractivity contribution is 1.07. The second-order valence-electron chi connectivity index (χ2n) is 2.65. The van der Waals surface area contributed by atoms with Crippen LogP contribution in [0.1, 0.15) is 5.82 Å².